The molecule has 3 rings (SSSR count). The number of hydrogen-bond acceptors (Lipinski definition) is 3. The summed E-state index contributed by atoms with van der Waals surface area (Å²) in [6.45, 7) is 3.52. The molecule has 146 valence electrons. The Morgan fingerprint density at radius 2 is 1.96 bits per heavy atom. The van der Waals surface area contributed by atoms with Crippen molar-refractivity contribution in [1.82, 2.24) is 14.9 Å². The van der Waals surface area contributed by atoms with Crippen LogP contribution in [0.1, 0.15) is 28.6 Å². The Morgan fingerprint density at radius 1 is 1.29 bits per heavy atom. The standard InChI is InChI=1S/C21H21ClFN3O2/c1-13-10-15(22)11-14(2)20(13)28-12-18(27)25-19(21-24-8-9-26(21)3)16-6-4-5-7-17(16)23/h4-11,19H,12H2,1-3H3,(H,25,27)/t19-/m1/s1. The van der Waals surface area contributed by atoms with Gasteiger partial charge in [-0.3, -0.25) is 4.79 Å². The number of nitrogens with zero attached hydrogens (tertiary/aromatic N) is 2. The number of imidazole rings is 1. The highest BCUT2D eigenvalue weighted by Gasteiger charge is 2.23. The van der Waals surface area contributed by atoms with Crippen LogP contribution in [0.2, 0.25) is 5.02 Å². The van der Waals surface area contributed by atoms with Crippen molar-refractivity contribution in [2.45, 2.75) is 19.9 Å². The van der Waals surface area contributed by atoms with Crippen LogP contribution < -0.4 is 10.1 Å². The molecule has 0 aliphatic heterocycles. The third-order valence-electron chi connectivity index (χ3n) is 4.41. The summed E-state index contributed by atoms with van der Waals surface area (Å²) in [5.74, 6) is 0.336. The van der Waals surface area contributed by atoms with Crippen LogP contribution in [0.4, 0.5) is 4.39 Å². The van der Waals surface area contributed by atoms with Crippen molar-refractivity contribution in [2.75, 3.05) is 6.61 Å². The number of aromatic nitrogens is 2. The molecule has 0 spiro atoms. The van der Waals surface area contributed by atoms with Gasteiger partial charge >= 0.3 is 0 Å². The molecule has 28 heavy (non-hydrogen) atoms. The molecule has 0 bridgehead atoms. The van der Waals surface area contributed by atoms with Crippen LogP contribution in [0.3, 0.4) is 0 Å². The highest BCUT2D eigenvalue weighted by atomic mass is 35.5. The first-order valence-corrected chi connectivity index (χ1v) is 9.15. The fraction of sp³-hybridized carbons (Fsp3) is 0.238. The van der Waals surface area contributed by atoms with Crippen molar-refractivity contribution >= 4 is 17.5 Å². The Labute approximate surface area is 168 Å². The van der Waals surface area contributed by atoms with E-state index in [0.717, 1.165) is 11.1 Å². The van der Waals surface area contributed by atoms with Gasteiger partial charge in [-0.15, -0.1) is 0 Å². The predicted molar refractivity (Wildman–Crippen MR) is 106 cm³/mol. The third kappa shape index (κ3) is 4.34. The molecular weight excluding hydrogens is 381 g/mol. The van der Waals surface area contributed by atoms with Gasteiger partial charge in [0.15, 0.2) is 6.61 Å². The first-order valence-electron chi connectivity index (χ1n) is 8.77. The fourth-order valence-corrected chi connectivity index (χ4v) is 3.44. The summed E-state index contributed by atoms with van der Waals surface area (Å²) < 4.78 is 21.8. The van der Waals surface area contributed by atoms with Crippen molar-refractivity contribution in [2.24, 2.45) is 7.05 Å². The van der Waals surface area contributed by atoms with E-state index >= 15 is 0 Å². The molecule has 7 heteroatoms. The Balaban J connectivity index is 1.79. The van der Waals surface area contributed by atoms with E-state index in [4.69, 9.17) is 16.3 Å². The molecule has 3 aromatic rings. The second-order valence-corrected chi connectivity index (χ2v) is 7.01. The van der Waals surface area contributed by atoms with E-state index in [0.29, 0.717) is 22.2 Å². The summed E-state index contributed by atoms with van der Waals surface area (Å²) in [5.41, 5.74) is 2.02. The van der Waals surface area contributed by atoms with Gasteiger partial charge in [0, 0.05) is 30.0 Å². The molecule has 1 N–H and O–H groups in total. The molecule has 0 unspecified atom stereocenters. The molecule has 5 nitrogen and oxygen atoms in total. The van der Waals surface area contributed by atoms with Crippen molar-refractivity contribution < 1.29 is 13.9 Å². The quantitative estimate of drug-likeness (QED) is 0.676. The van der Waals surface area contributed by atoms with Crippen molar-refractivity contribution in [1.29, 1.82) is 0 Å². The largest absolute Gasteiger partial charge is 0.483 e. The maximum atomic E-state index is 14.4. The van der Waals surface area contributed by atoms with Crippen LogP contribution in [0, 0.1) is 19.7 Å². The van der Waals surface area contributed by atoms with Crippen LogP contribution in [0.5, 0.6) is 5.75 Å². The SMILES string of the molecule is Cc1cc(Cl)cc(C)c1OCC(=O)N[C@H](c1ccccc1F)c1nccn1C. The van der Waals surface area contributed by atoms with Crippen molar-refractivity contribution in [3.63, 3.8) is 0 Å². The number of carbonyl (C=O) groups excluding carboxylic acids is 1. The lowest BCUT2D eigenvalue weighted by atomic mass is 10.1. The predicted octanol–water partition coefficient (Wildman–Crippen LogP) is 4.11. The molecule has 1 heterocycles. The molecule has 1 atom stereocenters. The van der Waals surface area contributed by atoms with Gasteiger partial charge in [-0.1, -0.05) is 29.8 Å². The summed E-state index contributed by atoms with van der Waals surface area (Å²) >= 11 is 6.03. The maximum Gasteiger partial charge on any atom is 0.258 e. The topological polar surface area (TPSA) is 56.1 Å². The van der Waals surface area contributed by atoms with E-state index < -0.39 is 11.9 Å². The van der Waals surface area contributed by atoms with Crippen LogP contribution in [0.15, 0.2) is 48.8 Å². The number of hydrogen-bond donors (Lipinski definition) is 1. The van der Waals surface area contributed by atoms with Gasteiger partial charge in [0.2, 0.25) is 0 Å². The number of amides is 1. The van der Waals surface area contributed by atoms with E-state index in [2.05, 4.69) is 10.3 Å². The molecule has 1 amide bonds. The van der Waals surface area contributed by atoms with Gasteiger partial charge in [-0.05, 0) is 43.2 Å². The summed E-state index contributed by atoms with van der Waals surface area (Å²) in [5, 5.41) is 3.44. The number of carbonyl (C=O) groups is 1. The number of aryl methyl sites for hydroxylation is 3. The van der Waals surface area contributed by atoms with Gasteiger partial charge in [0.1, 0.15) is 23.4 Å². The second-order valence-electron chi connectivity index (χ2n) is 6.58. The van der Waals surface area contributed by atoms with Gasteiger partial charge < -0.3 is 14.6 Å². The van der Waals surface area contributed by atoms with E-state index in [1.807, 2.05) is 13.8 Å². The molecular formula is C21H21ClFN3O2. The number of rotatable bonds is 6. The minimum atomic E-state index is -0.732. The highest BCUT2D eigenvalue weighted by Crippen LogP contribution is 2.27. The fourth-order valence-electron chi connectivity index (χ4n) is 3.11. The number of nitrogens with one attached hydrogen (secondary N) is 1. The third-order valence-corrected chi connectivity index (χ3v) is 4.63. The van der Waals surface area contributed by atoms with Crippen LogP contribution in [-0.2, 0) is 11.8 Å². The zero-order chi connectivity index (χ0) is 20.3. The Morgan fingerprint density at radius 3 is 2.57 bits per heavy atom. The lowest BCUT2D eigenvalue weighted by molar-refractivity contribution is -0.123. The molecule has 0 saturated heterocycles. The maximum absolute atomic E-state index is 14.4. The molecule has 0 aliphatic carbocycles. The Hall–Kier alpha value is -2.86. The van der Waals surface area contributed by atoms with Gasteiger partial charge in [-0.25, -0.2) is 9.37 Å². The van der Waals surface area contributed by atoms with Crippen molar-refractivity contribution in [3.05, 3.63) is 82.1 Å². The van der Waals surface area contributed by atoms with E-state index in [1.54, 1.807) is 54.3 Å². The average Bonchev–Trinajstić information content (AvgIpc) is 3.05. The van der Waals surface area contributed by atoms with Gasteiger partial charge in [0.25, 0.3) is 5.91 Å². The Bertz CT molecular complexity index is 980. The van der Waals surface area contributed by atoms with E-state index in [9.17, 15) is 9.18 Å². The smallest absolute Gasteiger partial charge is 0.258 e. The van der Waals surface area contributed by atoms with Crippen LogP contribution in [-0.4, -0.2) is 22.1 Å². The Kier molecular flexibility index (Phi) is 5.99. The normalized spacial score (nSPS) is 11.9. The summed E-state index contributed by atoms with van der Waals surface area (Å²) in [6.07, 6.45) is 3.35. The summed E-state index contributed by atoms with van der Waals surface area (Å²) in [6, 6.07) is 9.13. The van der Waals surface area contributed by atoms with Crippen LogP contribution >= 0.6 is 11.6 Å². The van der Waals surface area contributed by atoms with Gasteiger partial charge in [0.05, 0.1) is 0 Å². The molecule has 0 saturated carbocycles. The zero-order valence-corrected chi connectivity index (χ0v) is 16.6. The molecule has 2 aromatic carbocycles. The number of benzene rings is 2. The molecule has 0 radical (unpaired) electrons. The van der Waals surface area contributed by atoms with E-state index in [1.165, 1.54) is 6.07 Å². The minimum absolute atomic E-state index is 0.210. The minimum Gasteiger partial charge on any atom is -0.483 e. The van der Waals surface area contributed by atoms with Gasteiger partial charge in [-0.2, -0.15) is 0 Å². The number of halogens is 2. The summed E-state index contributed by atoms with van der Waals surface area (Å²) in [7, 11) is 1.79. The van der Waals surface area contributed by atoms with Crippen LogP contribution in [0.25, 0.3) is 0 Å². The monoisotopic (exact) mass is 401 g/mol. The second kappa shape index (κ2) is 8.44. The zero-order valence-electron chi connectivity index (χ0n) is 15.9. The van der Waals surface area contributed by atoms with E-state index in [-0.39, 0.29) is 12.5 Å². The lowest BCUT2D eigenvalue weighted by Gasteiger charge is -2.20. The molecule has 0 fully saturated rings. The number of ether oxygens (including phenoxy) is 1. The average molecular weight is 402 g/mol. The highest BCUT2D eigenvalue weighted by molar-refractivity contribution is 6.30. The first kappa shape index (κ1) is 19.9. The molecule has 1 aromatic heterocycles. The van der Waals surface area contributed by atoms with Crippen molar-refractivity contribution in [3.8, 4) is 5.75 Å². The lowest BCUT2D eigenvalue weighted by Crippen LogP contribution is -2.35. The first-order chi connectivity index (χ1) is 13.4. The summed E-state index contributed by atoms with van der Waals surface area (Å²) in [4.78, 5) is 16.9. The molecule has 0 aliphatic rings.